The van der Waals surface area contributed by atoms with Crippen LogP contribution in [0.25, 0.3) is 45.0 Å². The predicted octanol–water partition coefficient (Wildman–Crippen LogP) is 12.6. The van der Waals surface area contributed by atoms with E-state index in [1.54, 1.807) is 0 Å². The topological polar surface area (TPSA) is 83.0 Å². The van der Waals surface area contributed by atoms with Gasteiger partial charge < -0.3 is 4.55 Å². The molecule has 2 heterocycles. The van der Waals surface area contributed by atoms with E-state index >= 15 is 0 Å². The molecule has 0 bridgehead atoms. The van der Waals surface area contributed by atoms with Crippen LogP contribution >= 0.6 is 0 Å². The number of aromatic nitrogens is 2. The Hall–Kier alpha value is -4.38. The van der Waals surface area contributed by atoms with Gasteiger partial charge in [0.1, 0.15) is 0 Å². The molecule has 0 atom stereocenters. The van der Waals surface area contributed by atoms with Gasteiger partial charge in [-0.05, 0) is 152 Å². The van der Waals surface area contributed by atoms with Gasteiger partial charge >= 0.3 is 27.9 Å². The Kier molecular flexibility index (Phi) is 15.6. The molecular weight excluding hydrogens is 837 g/mol. The smallest absolute Gasteiger partial charge is 0.741 e. The summed E-state index contributed by atoms with van der Waals surface area (Å²) >= 11 is 0. The van der Waals surface area contributed by atoms with Crippen molar-refractivity contribution in [3.63, 3.8) is 0 Å². The van der Waals surface area contributed by atoms with Crippen LogP contribution in [0.5, 0.6) is 0 Å². The van der Waals surface area contributed by atoms with Crippen molar-refractivity contribution in [1.29, 1.82) is 0 Å². The van der Waals surface area contributed by atoms with Crippen molar-refractivity contribution < 1.29 is 48.5 Å². The molecule has 2 aromatic heterocycles. The second-order valence-corrected chi connectivity index (χ2v) is 16.2. The zero-order valence-corrected chi connectivity index (χ0v) is 36.8. The maximum atomic E-state index is 10.7. The Morgan fingerprint density at radius 3 is 0.719 bits per heavy atom. The molecule has 0 amide bonds. The molecule has 304 valence electrons. The largest absolute Gasteiger partial charge is 1.00 e. The molecule has 10 heteroatoms. The summed E-state index contributed by atoms with van der Waals surface area (Å²) in [6.07, 6.45) is 0. The van der Waals surface area contributed by atoms with Crippen molar-refractivity contribution in [2.75, 3.05) is 0 Å². The maximum absolute atomic E-state index is 10.7. The average molecular weight is 888 g/mol. The first-order chi connectivity index (χ1) is 26.0. The fraction of sp³-hybridized carbons (Fsp3) is 0.277. The fourth-order valence-electron chi connectivity index (χ4n) is 7.76. The minimum absolute atomic E-state index is 0. The first-order valence-corrected chi connectivity index (χ1v) is 19.7. The van der Waals surface area contributed by atoms with Crippen LogP contribution in [-0.2, 0) is 32.5 Å². The predicted molar refractivity (Wildman–Crippen MR) is 223 cm³/mol. The number of nitrogens with zero attached hydrogens (tertiary/aromatic N) is 2. The molecule has 0 saturated carbocycles. The first-order valence-electron chi connectivity index (χ1n) is 18.3. The number of aryl methyl sites for hydroxylation is 12. The third-order valence-corrected chi connectivity index (χ3v) is 10.1. The number of hydrogen-bond donors (Lipinski definition) is 0. The number of benzene rings is 4. The van der Waals surface area contributed by atoms with Gasteiger partial charge in [-0.15, -0.1) is 0 Å². The van der Waals surface area contributed by atoms with E-state index < -0.39 is 15.6 Å². The Balaban J connectivity index is 0.000000253. The van der Waals surface area contributed by atoms with Crippen LogP contribution in [0.15, 0.2) is 84.9 Å². The van der Waals surface area contributed by atoms with Crippen LogP contribution in [0.4, 0.5) is 13.2 Å². The van der Waals surface area contributed by atoms with Crippen molar-refractivity contribution in [2.45, 2.75) is 88.6 Å². The van der Waals surface area contributed by atoms with E-state index in [4.69, 9.17) is 22.9 Å². The van der Waals surface area contributed by atoms with Gasteiger partial charge in [0.15, 0.2) is 10.1 Å². The summed E-state index contributed by atoms with van der Waals surface area (Å²) in [7, 11) is -6.09. The summed E-state index contributed by atoms with van der Waals surface area (Å²) in [6.45, 7) is 26.0. The van der Waals surface area contributed by atoms with Crippen LogP contribution in [0.1, 0.15) is 66.8 Å². The molecule has 0 saturated heterocycles. The summed E-state index contributed by atoms with van der Waals surface area (Å²) in [5.41, 5.74) is 19.1. The average Bonchev–Trinajstić information content (AvgIpc) is 3.03. The summed E-state index contributed by atoms with van der Waals surface area (Å²) in [5.74, 6) is 0. The monoisotopic (exact) mass is 886 g/mol. The minimum Gasteiger partial charge on any atom is -0.741 e. The van der Waals surface area contributed by atoms with Crippen molar-refractivity contribution >= 4 is 10.1 Å². The van der Waals surface area contributed by atoms with Crippen molar-refractivity contribution in [1.82, 2.24) is 9.97 Å². The van der Waals surface area contributed by atoms with E-state index in [9.17, 15) is 13.2 Å². The zero-order valence-electron chi connectivity index (χ0n) is 34.5. The second kappa shape index (κ2) is 18.9. The van der Waals surface area contributed by atoms with Gasteiger partial charge in [-0.2, -0.15) is 13.2 Å². The van der Waals surface area contributed by atoms with Gasteiger partial charge in [-0.3, -0.25) is 0 Å². The Morgan fingerprint density at radius 1 is 0.421 bits per heavy atom. The molecule has 0 spiro atoms. The van der Waals surface area contributed by atoms with E-state index in [1.807, 2.05) is 0 Å². The number of rotatable bonds is 4. The fourth-order valence-corrected chi connectivity index (χ4v) is 7.76. The van der Waals surface area contributed by atoms with Crippen LogP contribution in [-0.4, -0.2) is 28.4 Å². The summed E-state index contributed by atoms with van der Waals surface area (Å²) in [6, 6.07) is 30.6. The third kappa shape index (κ3) is 11.6. The molecule has 6 aromatic rings. The number of hydrogen-bond acceptors (Lipinski definition) is 5. The van der Waals surface area contributed by atoms with Crippen molar-refractivity contribution in [3.05, 3.63) is 152 Å². The van der Waals surface area contributed by atoms with E-state index in [0.29, 0.717) is 0 Å². The Morgan fingerprint density at radius 2 is 0.579 bits per heavy atom. The van der Waals surface area contributed by atoms with Gasteiger partial charge in [-0.1, -0.05) is 82.9 Å². The van der Waals surface area contributed by atoms with Crippen LogP contribution in [0.2, 0.25) is 0 Å². The SMILES string of the molecule is Cc1cc(C)c(-c2cccc(-c3c(C)cc(C)cc3C)n2)c(C)c1.Cc1cc(C)c(-c2cccc(-c3c(C)cc(C)cc3C)n2)c(C)c1.O=S(=O)([O-])C(F)(F)F.[Ag+]. The first kappa shape index (κ1) is 47.0. The van der Waals surface area contributed by atoms with E-state index in [1.165, 1.54) is 89.0 Å². The molecule has 57 heavy (non-hydrogen) atoms. The molecule has 6 rings (SSSR count). The van der Waals surface area contributed by atoms with Gasteiger partial charge in [0.05, 0.1) is 22.8 Å². The van der Waals surface area contributed by atoms with Gasteiger partial charge in [-0.25, -0.2) is 18.4 Å². The molecule has 0 aliphatic rings. The normalized spacial score (nSPS) is 11.2. The van der Waals surface area contributed by atoms with E-state index in [2.05, 4.69) is 168 Å². The van der Waals surface area contributed by atoms with Crippen LogP contribution in [0, 0.1) is 83.1 Å². The quantitative estimate of drug-likeness (QED) is 0.100. The van der Waals surface area contributed by atoms with E-state index in [0.717, 1.165) is 22.8 Å². The molecule has 0 radical (unpaired) electrons. The third-order valence-electron chi connectivity index (χ3n) is 9.51. The summed E-state index contributed by atoms with van der Waals surface area (Å²) < 4.78 is 58.9. The molecule has 0 N–H and O–H groups in total. The molecule has 0 aliphatic carbocycles. The molecule has 4 aromatic carbocycles. The standard InChI is InChI=1S/2C23H25N.CHF3O3S.Ag/c2*1-14-10-16(3)22(17(4)11-14)20-8-7-9-21(24-20)23-18(5)12-15(2)13-19(23)6;2-1(3,4)8(5,6)7;/h2*7-13H,1-6H3;(H,5,6,7);/q;;;+1/p-1. The molecule has 0 fully saturated rings. The number of alkyl halides is 3. The van der Waals surface area contributed by atoms with Crippen LogP contribution in [0.3, 0.4) is 0 Å². The van der Waals surface area contributed by atoms with Gasteiger partial charge in [0.2, 0.25) is 0 Å². The van der Waals surface area contributed by atoms with Crippen LogP contribution < -0.4 is 0 Å². The van der Waals surface area contributed by atoms with Gasteiger partial charge in [0, 0.05) is 22.3 Å². The maximum Gasteiger partial charge on any atom is 1.00 e. The van der Waals surface area contributed by atoms with E-state index in [-0.39, 0.29) is 22.4 Å². The Bertz CT molecular complexity index is 2140. The second-order valence-electron chi connectivity index (χ2n) is 14.8. The Labute approximate surface area is 352 Å². The molecule has 0 aliphatic heterocycles. The molecule has 5 nitrogen and oxygen atoms in total. The van der Waals surface area contributed by atoms with Gasteiger partial charge in [0.25, 0.3) is 0 Å². The molecule has 0 unspecified atom stereocenters. The summed E-state index contributed by atoms with van der Waals surface area (Å²) in [4.78, 5) is 10.0. The van der Waals surface area contributed by atoms with Crippen molar-refractivity contribution in [2.24, 2.45) is 0 Å². The van der Waals surface area contributed by atoms with Crippen molar-refractivity contribution in [3.8, 4) is 45.0 Å². The number of halogens is 3. The summed E-state index contributed by atoms with van der Waals surface area (Å²) in [5, 5.41) is 0. The molecular formula is C47H50AgF3N2O3S. The minimum atomic E-state index is -6.09. The number of pyridine rings is 2. The zero-order chi connectivity index (χ0) is 41.9.